The van der Waals surface area contributed by atoms with E-state index >= 15 is 0 Å². The molecule has 0 aliphatic heterocycles. The summed E-state index contributed by atoms with van der Waals surface area (Å²) in [5.74, 6) is -2.15. The first-order valence-corrected chi connectivity index (χ1v) is 4.67. The topological polar surface area (TPSA) is 118 Å². The van der Waals surface area contributed by atoms with Crippen LogP contribution in [-0.4, -0.2) is 28.8 Å². The molecule has 0 heterocycles. The molecule has 0 spiro atoms. The molecular formula is C7H11NaO7S. The van der Waals surface area contributed by atoms with Crippen LogP contribution in [-0.2, 0) is 33.2 Å². The van der Waals surface area contributed by atoms with Crippen molar-refractivity contribution in [3.8, 4) is 0 Å². The van der Waals surface area contributed by atoms with Crippen molar-refractivity contribution >= 4 is 22.9 Å². The predicted octanol–water partition coefficient (Wildman–Crippen LogP) is -2.65. The fourth-order valence-electron chi connectivity index (χ4n) is 0.318. The molecule has 9 heteroatoms. The summed E-state index contributed by atoms with van der Waals surface area (Å²) in [6, 6.07) is 0. The van der Waals surface area contributed by atoms with Crippen molar-refractivity contribution in [2.24, 2.45) is 0 Å². The van der Waals surface area contributed by atoms with Crippen LogP contribution < -0.4 is 29.6 Å². The number of carbonyl (C=O) groups is 2. The second kappa shape index (κ2) is 14.6. The van der Waals surface area contributed by atoms with Crippen molar-refractivity contribution < 1.29 is 62.0 Å². The molecule has 2 N–H and O–H groups in total. The van der Waals surface area contributed by atoms with E-state index in [9.17, 15) is 18.0 Å². The normalized spacial score (nSPS) is 8.31. The molecule has 0 bridgehead atoms. The molecule has 0 saturated heterocycles. The van der Waals surface area contributed by atoms with Gasteiger partial charge < -0.3 is 22.8 Å². The maximum absolute atomic E-state index is 9.64. The molecular weight excluding hydrogens is 251 g/mol. The van der Waals surface area contributed by atoms with Gasteiger partial charge in [-0.15, -0.1) is 6.58 Å². The molecule has 0 unspecified atom stereocenters. The third-order valence-corrected chi connectivity index (χ3v) is 1.16. The van der Waals surface area contributed by atoms with E-state index in [0.717, 1.165) is 0 Å². The van der Waals surface area contributed by atoms with E-state index in [-0.39, 0.29) is 49.0 Å². The largest absolute Gasteiger partial charge is 1.00 e. The Morgan fingerprint density at radius 2 is 1.56 bits per heavy atom. The fraction of sp³-hybridized carbons (Fsp3) is 0.429. The molecule has 88 valence electrons. The molecule has 0 fully saturated rings. The minimum atomic E-state index is -2.39. The average molecular weight is 262 g/mol. The van der Waals surface area contributed by atoms with Gasteiger partial charge in [-0.05, 0) is 0 Å². The van der Waals surface area contributed by atoms with Gasteiger partial charge >= 0.3 is 41.5 Å². The van der Waals surface area contributed by atoms with Crippen LogP contribution >= 0.6 is 0 Å². The predicted molar refractivity (Wildman–Crippen MR) is 49.4 cm³/mol. The Labute approximate surface area is 117 Å². The Kier molecular flexibility index (Phi) is 19.1. The van der Waals surface area contributed by atoms with Crippen molar-refractivity contribution in [2.45, 2.75) is 12.8 Å². The van der Waals surface area contributed by atoms with E-state index in [4.69, 9.17) is 10.2 Å². The Morgan fingerprint density at radius 1 is 1.19 bits per heavy atom. The Balaban J connectivity index is -0.000000200. The SMILES string of the molecule is C=CCO[S-](=O)=O.O=C(O)CCC(=O)O.[Na+]. The third-order valence-electron chi connectivity index (χ3n) is 0.835. The summed E-state index contributed by atoms with van der Waals surface area (Å²) < 4.78 is 23.0. The van der Waals surface area contributed by atoms with Crippen LogP contribution in [0, 0.1) is 0 Å². The second-order valence-electron chi connectivity index (χ2n) is 2.06. The van der Waals surface area contributed by atoms with Gasteiger partial charge in [0.2, 0.25) is 0 Å². The van der Waals surface area contributed by atoms with Gasteiger partial charge in [-0.3, -0.25) is 9.59 Å². The molecule has 0 radical (unpaired) electrons. The zero-order valence-corrected chi connectivity index (χ0v) is 11.6. The quantitative estimate of drug-likeness (QED) is 0.305. The summed E-state index contributed by atoms with van der Waals surface area (Å²) in [4.78, 5) is 19.3. The summed E-state index contributed by atoms with van der Waals surface area (Å²) in [5.41, 5.74) is 0. The number of aliphatic carboxylic acids is 2. The number of carboxylic acids is 2. The smallest absolute Gasteiger partial charge is 0.481 e. The number of hydrogen-bond donors (Lipinski definition) is 2. The molecule has 0 rings (SSSR count). The zero-order chi connectivity index (χ0) is 12.3. The van der Waals surface area contributed by atoms with Crippen LogP contribution in [0.5, 0.6) is 0 Å². The Bertz CT molecular complexity index is 264. The van der Waals surface area contributed by atoms with Crippen LogP contribution in [0.1, 0.15) is 12.8 Å². The van der Waals surface area contributed by atoms with E-state index in [1.165, 1.54) is 6.08 Å². The van der Waals surface area contributed by atoms with Gasteiger partial charge in [0.15, 0.2) is 0 Å². The van der Waals surface area contributed by atoms with Crippen LogP contribution in [0.15, 0.2) is 12.7 Å². The maximum atomic E-state index is 9.64. The van der Waals surface area contributed by atoms with E-state index in [2.05, 4.69) is 10.8 Å². The third kappa shape index (κ3) is 29.2. The van der Waals surface area contributed by atoms with E-state index < -0.39 is 22.9 Å². The summed E-state index contributed by atoms with van der Waals surface area (Å²) in [7, 11) is -2.39. The van der Waals surface area contributed by atoms with Crippen molar-refractivity contribution in [1.82, 2.24) is 0 Å². The van der Waals surface area contributed by atoms with Crippen LogP contribution in [0.2, 0.25) is 0 Å². The summed E-state index contributed by atoms with van der Waals surface area (Å²) in [6.07, 6.45) is 0.764. The van der Waals surface area contributed by atoms with E-state index in [1.54, 1.807) is 0 Å². The molecule has 0 saturated carbocycles. The van der Waals surface area contributed by atoms with Crippen LogP contribution in [0.25, 0.3) is 0 Å². The van der Waals surface area contributed by atoms with Crippen molar-refractivity contribution in [3.63, 3.8) is 0 Å². The van der Waals surface area contributed by atoms with Gasteiger partial charge in [-0.25, -0.2) is 0 Å². The van der Waals surface area contributed by atoms with Gasteiger partial charge in [-0.2, -0.15) is 0 Å². The number of rotatable bonds is 6. The second-order valence-corrected chi connectivity index (χ2v) is 2.71. The molecule has 0 aromatic heterocycles. The first kappa shape index (κ1) is 20.9. The number of carboxylic acid groups (broad SMARTS) is 2. The summed E-state index contributed by atoms with van der Waals surface area (Å²) in [6.45, 7) is 3.29. The standard InChI is InChI=1S/C4H6O4.C3H5O3S.Na/c5-3(6)1-2-4(7)8;1-2-3-6-7(4)5;/h1-2H2,(H,5,6)(H,7,8);2H,1,3H2;/q;-1;+1. The molecule has 0 aliphatic rings. The molecule has 0 aromatic carbocycles. The van der Waals surface area contributed by atoms with Crippen molar-refractivity contribution in [3.05, 3.63) is 12.7 Å². The zero-order valence-electron chi connectivity index (χ0n) is 8.75. The maximum Gasteiger partial charge on any atom is 1.00 e. The Hall–Kier alpha value is -0.410. The first-order valence-electron chi connectivity index (χ1n) is 3.67. The molecule has 0 atom stereocenters. The van der Waals surface area contributed by atoms with Crippen molar-refractivity contribution in [2.75, 3.05) is 6.61 Å². The van der Waals surface area contributed by atoms with Gasteiger partial charge in [0.25, 0.3) is 0 Å². The van der Waals surface area contributed by atoms with Gasteiger partial charge in [0.1, 0.15) is 0 Å². The van der Waals surface area contributed by atoms with E-state index in [1.807, 2.05) is 0 Å². The van der Waals surface area contributed by atoms with Crippen LogP contribution in [0.3, 0.4) is 0 Å². The average Bonchev–Trinajstić information content (AvgIpc) is 2.12. The van der Waals surface area contributed by atoms with Crippen LogP contribution in [0.4, 0.5) is 0 Å². The summed E-state index contributed by atoms with van der Waals surface area (Å²) in [5, 5.41) is 15.8. The van der Waals surface area contributed by atoms with Crippen molar-refractivity contribution in [1.29, 1.82) is 0 Å². The minimum Gasteiger partial charge on any atom is -0.481 e. The molecule has 7 nitrogen and oxygen atoms in total. The monoisotopic (exact) mass is 262 g/mol. The van der Waals surface area contributed by atoms with E-state index in [0.29, 0.717) is 0 Å². The minimum absolute atomic E-state index is 0. The first-order chi connectivity index (χ1) is 6.90. The molecule has 0 aliphatic carbocycles. The summed E-state index contributed by atoms with van der Waals surface area (Å²) >= 11 is 0. The number of hydrogen-bond acceptors (Lipinski definition) is 6. The Morgan fingerprint density at radius 3 is 1.69 bits per heavy atom. The fourth-order valence-corrected chi connectivity index (χ4v) is 0.525. The van der Waals surface area contributed by atoms with Gasteiger partial charge in [0.05, 0.1) is 23.8 Å². The molecule has 16 heavy (non-hydrogen) atoms. The molecule has 0 amide bonds. The van der Waals surface area contributed by atoms with Gasteiger partial charge in [0, 0.05) is 6.61 Å². The molecule has 0 aromatic rings. The van der Waals surface area contributed by atoms with Gasteiger partial charge in [-0.1, -0.05) is 6.08 Å².